The van der Waals surface area contributed by atoms with Gasteiger partial charge in [0.1, 0.15) is 0 Å². The molecule has 0 aromatic rings. The summed E-state index contributed by atoms with van der Waals surface area (Å²) >= 11 is 0. The largest absolute Gasteiger partial charge is 0.393 e. The Morgan fingerprint density at radius 3 is 2.70 bits per heavy atom. The Balaban J connectivity index is 2.45. The Hall–Kier alpha value is -0.0800. The van der Waals surface area contributed by atoms with Crippen LogP contribution in [0.5, 0.6) is 0 Å². The summed E-state index contributed by atoms with van der Waals surface area (Å²) in [6, 6.07) is 0. The fraction of sp³-hybridized carbons (Fsp3) is 1.00. The van der Waals surface area contributed by atoms with E-state index in [2.05, 4.69) is 6.92 Å². The normalized spacial score (nSPS) is 41.7. The van der Waals surface area contributed by atoms with Gasteiger partial charge in [-0.15, -0.1) is 0 Å². The lowest BCUT2D eigenvalue weighted by Gasteiger charge is -2.33. The molecule has 0 amide bonds. The van der Waals surface area contributed by atoms with Crippen molar-refractivity contribution in [3.63, 3.8) is 0 Å². The zero-order valence-corrected chi connectivity index (χ0v) is 6.51. The third-order valence-electron chi connectivity index (χ3n) is 2.36. The van der Waals surface area contributed by atoms with Crippen LogP contribution in [0.3, 0.4) is 0 Å². The van der Waals surface area contributed by atoms with E-state index in [0.29, 0.717) is 5.92 Å². The van der Waals surface area contributed by atoms with Crippen molar-refractivity contribution < 1.29 is 10.2 Å². The van der Waals surface area contributed by atoms with Gasteiger partial charge in [0.15, 0.2) is 0 Å². The van der Waals surface area contributed by atoms with E-state index in [1.165, 1.54) is 6.42 Å². The van der Waals surface area contributed by atoms with Crippen molar-refractivity contribution in [3.8, 4) is 0 Å². The highest BCUT2D eigenvalue weighted by Gasteiger charge is 2.31. The Morgan fingerprint density at radius 1 is 1.60 bits per heavy atom. The molecule has 1 aliphatic rings. The monoisotopic (exact) mass is 144 g/mol. The van der Waals surface area contributed by atoms with E-state index in [9.17, 15) is 5.11 Å². The number of hydrogen-bond donors (Lipinski definition) is 2. The minimum absolute atomic E-state index is 0.0721. The van der Waals surface area contributed by atoms with Crippen LogP contribution in [0.1, 0.15) is 32.6 Å². The van der Waals surface area contributed by atoms with Crippen LogP contribution in [0.2, 0.25) is 0 Å². The average molecular weight is 144 g/mol. The van der Waals surface area contributed by atoms with Gasteiger partial charge in [-0.2, -0.15) is 0 Å². The van der Waals surface area contributed by atoms with Crippen LogP contribution in [0, 0.1) is 5.92 Å². The highest BCUT2D eigenvalue weighted by Crippen LogP contribution is 2.31. The van der Waals surface area contributed by atoms with Gasteiger partial charge in [0.2, 0.25) is 0 Å². The molecule has 1 saturated carbocycles. The molecule has 0 unspecified atom stereocenters. The first-order valence-corrected chi connectivity index (χ1v) is 3.99. The van der Waals surface area contributed by atoms with Crippen LogP contribution in [0.4, 0.5) is 0 Å². The van der Waals surface area contributed by atoms with Gasteiger partial charge in [0.25, 0.3) is 0 Å². The van der Waals surface area contributed by atoms with Crippen molar-refractivity contribution in [1.29, 1.82) is 0 Å². The van der Waals surface area contributed by atoms with E-state index in [1.54, 1.807) is 0 Å². The van der Waals surface area contributed by atoms with Crippen molar-refractivity contribution in [2.45, 2.75) is 38.2 Å². The molecule has 0 radical (unpaired) electrons. The minimum atomic E-state index is -0.752. The van der Waals surface area contributed by atoms with Crippen LogP contribution < -0.4 is 0 Å². The van der Waals surface area contributed by atoms with Gasteiger partial charge in [-0.3, -0.25) is 0 Å². The maximum absolute atomic E-state index is 9.60. The molecule has 0 heterocycles. The molecule has 0 bridgehead atoms. The molecule has 0 aliphatic heterocycles. The summed E-state index contributed by atoms with van der Waals surface area (Å²) < 4.78 is 0. The summed E-state index contributed by atoms with van der Waals surface area (Å²) in [4.78, 5) is 0. The fourth-order valence-electron chi connectivity index (χ4n) is 1.78. The van der Waals surface area contributed by atoms with Gasteiger partial charge in [0, 0.05) is 0 Å². The summed E-state index contributed by atoms with van der Waals surface area (Å²) in [5.41, 5.74) is -0.752. The molecule has 0 spiro atoms. The van der Waals surface area contributed by atoms with E-state index in [1.807, 2.05) is 0 Å². The molecule has 1 aliphatic carbocycles. The second-order valence-electron chi connectivity index (χ2n) is 3.58. The molecule has 1 rings (SSSR count). The third-order valence-corrected chi connectivity index (χ3v) is 2.36. The Morgan fingerprint density at radius 2 is 2.30 bits per heavy atom. The lowest BCUT2D eigenvalue weighted by Crippen LogP contribution is -2.38. The molecule has 10 heavy (non-hydrogen) atoms. The highest BCUT2D eigenvalue weighted by atomic mass is 16.3. The van der Waals surface area contributed by atoms with E-state index in [-0.39, 0.29) is 6.61 Å². The van der Waals surface area contributed by atoms with Crippen LogP contribution in [-0.2, 0) is 0 Å². The van der Waals surface area contributed by atoms with Gasteiger partial charge in [-0.05, 0) is 18.8 Å². The van der Waals surface area contributed by atoms with Crippen molar-refractivity contribution in [2.24, 2.45) is 5.92 Å². The van der Waals surface area contributed by atoms with Gasteiger partial charge < -0.3 is 10.2 Å². The first kappa shape index (κ1) is 8.02. The van der Waals surface area contributed by atoms with Gasteiger partial charge in [0.05, 0.1) is 12.2 Å². The molecule has 2 heteroatoms. The van der Waals surface area contributed by atoms with Crippen LogP contribution >= 0.6 is 0 Å². The zero-order valence-electron chi connectivity index (χ0n) is 6.51. The minimum Gasteiger partial charge on any atom is -0.393 e. The number of aliphatic hydroxyl groups is 2. The lowest BCUT2D eigenvalue weighted by atomic mass is 9.79. The lowest BCUT2D eigenvalue weighted by molar-refractivity contribution is -0.0548. The molecule has 2 N–H and O–H groups in total. The van der Waals surface area contributed by atoms with Crippen LogP contribution in [0.15, 0.2) is 0 Å². The Labute approximate surface area is 61.9 Å². The molecule has 60 valence electrons. The van der Waals surface area contributed by atoms with E-state index in [4.69, 9.17) is 5.11 Å². The van der Waals surface area contributed by atoms with Gasteiger partial charge in [-0.25, -0.2) is 0 Å². The molecule has 0 saturated heterocycles. The maximum Gasteiger partial charge on any atom is 0.0880 e. The smallest absolute Gasteiger partial charge is 0.0880 e. The number of aliphatic hydroxyl groups excluding tert-OH is 1. The van der Waals surface area contributed by atoms with Crippen molar-refractivity contribution >= 4 is 0 Å². The van der Waals surface area contributed by atoms with E-state index < -0.39 is 5.60 Å². The fourth-order valence-corrected chi connectivity index (χ4v) is 1.78. The predicted octanol–water partition coefficient (Wildman–Crippen LogP) is 0.920. The average Bonchev–Trinajstić information content (AvgIpc) is 1.88. The van der Waals surface area contributed by atoms with Gasteiger partial charge >= 0.3 is 0 Å². The van der Waals surface area contributed by atoms with Crippen molar-refractivity contribution in [2.75, 3.05) is 6.61 Å². The van der Waals surface area contributed by atoms with Crippen LogP contribution in [0.25, 0.3) is 0 Å². The topological polar surface area (TPSA) is 40.5 Å². The van der Waals surface area contributed by atoms with Crippen LogP contribution in [-0.4, -0.2) is 22.4 Å². The summed E-state index contributed by atoms with van der Waals surface area (Å²) in [6.07, 6.45) is 3.79. The maximum atomic E-state index is 9.60. The summed E-state index contributed by atoms with van der Waals surface area (Å²) in [5.74, 6) is 0.575. The second-order valence-corrected chi connectivity index (χ2v) is 3.58. The van der Waals surface area contributed by atoms with E-state index >= 15 is 0 Å². The van der Waals surface area contributed by atoms with E-state index in [0.717, 1.165) is 19.3 Å². The number of rotatable bonds is 1. The molecule has 2 atom stereocenters. The quantitative estimate of drug-likeness (QED) is 0.574. The van der Waals surface area contributed by atoms with Crippen molar-refractivity contribution in [1.82, 2.24) is 0 Å². The van der Waals surface area contributed by atoms with Crippen molar-refractivity contribution in [3.05, 3.63) is 0 Å². The first-order valence-electron chi connectivity index (χ1n) is 3.99. The summed E-state index contributed by atoms with van der Waals surface area (Å²) in [7, 11) is 0. The molecule has 0 aromatic carbocycles. The molecular formula is C8H16O2. The SMILES string of the molecule is C[C@@H]1CCC[C@](O)(CO)C1. The predicted molar refractivity (Wildman–Crippen MR) is 39.7 cm³/mol. The Bertz CT molecular complexity index is 114. The van der Waals surface area contributed by atoms with Gasteiger partial charge in [-0.1, -0.05) is 19.8 Å². The molecular weight excluding hydrogens is 128 g/mol. The summed E-state index contributed by atoms with van der Waals surface area (Å²) in [5, 5.41) is 18.4. The second kappa shape index (κ2) is 2.89. The Kier molecular flexibility index (Phi) is 2.32. The first-order chi connectivity index (χ1) is 4.66. The molecule has 0 aromatic heterocycles. The highest BCUT2D eigenvalue weighted by molar-refractivity contribution is 4.83. The number of hydrogen-bond acceptors (Lipinski definition) is 2. The zero-order chi connectivity index (χ0) is 7.61. The third kappa shape index (κ3) is 1.70. The molecule has 2 nitrogen and oxygen atoms in total. The molecule has 1 fully saturated rings. The standard InChI is InChI=1S/C8H16O2/c1-7-3-2-4-8(10,5-7)6-9/h7,9-10H,2-6H2,1H3/t7-,8-/m1/s1. The summed E-state index contributed by atoms with van der Waals surface area (Å²) in [6.45, 7) is 2.05.